The second kappa shape index (κ2) is 15.1. The third-order valence-electron chi connectivity index (χ3n) is 9.94. The van der Waals surface area contributed by atoms with Gasteiger partial charge in [0.15, 0.2) is 11.6 Å². The van der Waals surface area contributed by atoms with Gasteiger partial charge in [0.05, 0.1) is 13.2 Å². The number of aromatic nitrogens is 3. The maximum absolute atomic E-state index is 13.0. The monoisotopic (exact) mass is 680 g/mol. The third kappa shape index (κ3) is 7.91. The van der Waals surface area contributed by atoms with Crippen molar-refractivity contribution >= 4 is 34.6 Å². The van der Waals surface area contributed by atoms with Gasteiger partial charge in [0, 0.05) is 107 Å². The molecule has 4 aromatic rings. The lowest BCUT2D eigenvalue weighted by Crippen LogP contribution is -2.50. The van der Waals surface area contributed by atoms with Gasteiger partial charge in [-0.25, -0.2) is 14.3 Å². The standard InChI is InChI=1S/C37H48N10O3/c1-27(2)44-16-18-46(19-17-44)36(48)30-6-10-32(11-7-30)39-37(49)38-31-8-4-29(5-9-31)34-40-35(45-20-22-50-23-21-45)33-24-28(26-47(33)41-34)25-43-14-12-42(3)13-15-43/h4-11,24,26-27H,12-23,25H2,1-3H3,(H2,38,39,49). The normalized spacial score (nSPS) is 18.2. The van der Waals surface area contributed by atoms with E-state index in [1.807, 2.05) is 33.7 Å². The number of urea groups is 1. The molecular formula is C37H48N10O3. The molecule has 2 aromatic carbocycles. The predicted molar refractivity (Wildman–Crippen MR) is 196 cm³/mol. The molecule has 0 unspecified atom stereocenters. The smallest absolute Gasteiger partial charge is 0.323 e. The van der Waals surface area contributed by atoms with Crippen LogP contribution in [0.3, 0.4) is 0 Å². The van der Waals surface area contributed by atoms with E-state index in [2.05, 4.69) is 63.4 Å². The van der Waals surface area contributed by atoms with Crippen molar-refractivity contribution in [2.75, 3.05) is 101 Å². The molecule has 0 atom stereocenters. The van der Waals surface area contributed by atoms with Crippen LogP contribution in [-0.4, -0.2) is 138 Å². The molecule has 0 radical (unpaired) electrons. The van der Waals surface area contributed by atoms with E-state index in [0.29, 0.717) is 42.0 Å². The molecule has 2 N–H and O–H groups in total. The minimum absolute atomic E-state index is 0.0209. The fourth-order valence-corrected chi connectivity index (χ4v) is 6.83. The van der Waals surface area contributed by atoms with Gasteiger partial charge in [0.25, 0.3) is 5.91 Å². The van der Waals surface area contributed by atoms with Crippen LogP contribution in [0.1, 0.15) is 29.8 Å². The molecule has 264 valence electrons. The predicted octanol–water partition coefficient (Wildman–Crippen LogP) is 3.79. The molecule has 3 aliphatic rings. The van der Waals surface area contributed by atoms with Crippen LogP contribution in [0.4, 0.5) is 22.0 Å². The summed E-state index contributed by atoms with van der Waals surface area (Å²) in [5.74, 6) is 1.55. The molecule has 3 amide bonds. The number of ether oxygens (including phenoxy) is 1. The fourth-order valence-electron chi connectivity index (χ4n) is 6.83. The van der Waals surface area contributed by atoms with E-state index in [-0.39, 0.29) is 11.9 Å². The van der Waals surface area contributed by atoms with Crippen molar-refractivity contribution in [2.24, 2.45) is 0 Å². The number of nitrogens with zero attached hydrogens (tertiary/aromatic N) is 8. The SMILES string of the molecule is CC(C)N1CCN(C(=O)c2ccc(NC(=O)Nc3ccc(-c4nc(N5CCOCC5)c5cc(CN6CCN(C)CC6)cn5n4)cc3)cc2)CC1. The number of nitrogens with one attached hydrogen (secondary N) is 2. The van der Waals surface area contributed by atoms with Crippen LogP contribution in [-0.2, 0) is 11.3 Å². The number of hydrogen-bond acceptors (Lipinski definition) is 9. The maximum Gasteiger partial charge on any atom is 0.323 e. The number of fused-ring (bicyclic) bond motifs is 1. The summed E-state index contributed by atoms with van der Waals surface area (Å²) in [7, 11) is 2.17. The Bertz CT molecular complexity index is 1770. The highest BCUT2D eigenvalue weighted by atomic mass is 16.5. The van der Waals surface area contributed by atoms with Crippen LogP contribution in [0.5, 0.6) is 0 Å². The van der Waals surface area contributed by atoms with E-state index in [4.69, 9.17) is 14.8 Å². The zero-order chi connectivity index (χ0) is 34.6. The average molecular weight is 681 g/mol. The maximum atomic E-state index is 13.0. The van der Waals surface area contributed by atoms with Crippen molar-refractivity contribution in [3.63, 3.8) is 0 Å². The molecule has 50 heavy (non-hydrogen) atoms. The Morgan fingerprint density at radius 1 is 0.820 bits per heavy atom. The number of hydrogen-bond donors (Lipinski definition) is 2. The number of anilines is 3. The molecule has 2 aromatic heterocycles. The summed E-state index contributed by atoms with van der Waals surface area (Å²) in [5, 5.41) is 10.7. The molecule has 13 heteroatoms. The lowest BCUT2D eigenvalue weighted by molar-refractivity contribution is 0.0595. The quantitative estimate of drug-likeness (QED) is 0.287. The van der Waals surface area contributed by atoms with Gasteiger partial charge in [-0.1, -0.05) is 0 Å². The number of morpholine rings is 1. The van der Waals surface area contributed by atoms with E-state index >= 15 is 0 Å². The van der Waals surface area contributed by atoms with Gasteiger partial charge in [0.2, 0.25) is 0 Å². The van der Waals surface area contributed by atoms with E-state index in [1.165, 1.54) is 5.56 Å². The zero-order valence-corrected chi connectivity index (χ0v) is 29.3. The third-order valence-corrected chi connectivity index (χ3v) is 9.94. The Kier molecular flexibility index (Phi) is 10.3. The molecule has 3 fully saturated rings. The Morgan fingerprint density at radius 2 is 1.46 bits per heavy atom. The van der Waals surface area contributed by atoms with Gasteiger partial charge in [0.1, 0.15) is 5.52 Å². The second-order valence-corrected chi connectivity index (χ2v) is 13.8. The van der Waals surface area contributed by atoms with Crippen LogP contribution in [0, 0.1) is 0 Å². The summed E-state index contributed by atoms with van der Waals surface area (Å²) in [4.78, 5) is 42.4. The highest BCUT2D eigenvalue weighted by Gasteiger charge is 2.24. The van der Waals surface area contributed by atoms with Crippen molar-refractivity contribution in [3.8, 4) is 11.4 Å². The van der Waals surface area contributed by atoms with Gasteiger partial charge in [-0.15, -0.1) is 5.10 Å². The number of carbonyl (C=O) groups is 2. The summed E-state index contributed by atoms with van der Waals surface area (Å²) in [6.45, 7) is 15.6. The molecule has 0 bridgehead atoms. The van der Waals surface area contributed by atoms with Crippen LogP contribution in [0.25, 0.3) is 16.9 Å². The molecule has 0 saturated carbocycles. The molecule has 5 heterocycles. The van der Waals surface area contributed by atoms with Crippen LogP contribution in [0.15, 0.2) is 60.8 Å². The molecular weight excluding hydrogens is 632 g/mol. The number of likely N-dealkylation sites (N-methyl/N-ethyl adjacent to an activating group) is 1. The van der Waals surface area contributed by atoms with Gasteiger partial charge < -0.3 is 30.1 Å². The summed E-state index contributed by atoms with van der Waals surface area (Å²) in [5.41, 5.74) is 4.94. The summed E-state index contributed by atoms with van der Waals surface area (Å²) in [6, 6.07) is 17.0. The Morgan fingerprint density at radius 3 is 2.10 bits per heavy atom. The lowest BCUT2D eigenvalue weighted by atomic mass is 10.1. The van der Waals surface area contributed by atoms with Crippen LogP contribution in [0.2, 0.25) is 0 Å². The Balaban J connectivity index is 0.999. The number of rotatable bonds is 8. The number of piperazine rings is 2. The lowest BCUT2D eigenvalue weighted by Gasteiger charge is -2.37. The first-order chi connectivity index (χ1) is 24.3. The van der Waals surface area contributed by atoms with Gasteiger partial charge in [-0.3, -0.25) is 14.6 Å². The fraction of sp³-hybridized carbons (Fsp3) is 0.459. The highest BCUT2D eigenvalue weighted by molar-refractivity contribution is 6.00. The number of benzene rings is 2. The first-order valence-electron chi connectivity index (χ1n) is 17.7. The summed E-state index contributed by atoms with van der Waals surface area (Å²) >= 11 is 0. The van der Waals surface area contributed by atoms with E-state index in [0.717, 1.165) is 88.9 Å². The van der Waals surface area contributed by atoms with E-state index in [1.54, 1.807) is 24.3 Å². The van der Waals surface area contributed by atoms with Crippen molar-refractivity contribution in [1.82, 2.24) is 34.2 Å². The first-order valence-corrected chi connectivity index (χ1v) is 17.7. The summed E-state index contributed by atoms with van der Waals surface area (Å²) in [6.07, 6.45) is 2.12. The molecule has 0 spiro atoms. The van der Waals surface area contributed by atoms with Gasteiger partial charge in [-0.05, 0) is 81.1 Å². The molecule has 3 aliphatic heterocycles. The largest absolute Gasteiger partial charge is 0.378 e. The minimum Gasteiger partial charge on any atom is -0.378 e. The van der Waals surface area contributed by atoms with Crippen molar-refractivity contribution in [1.29, 1.82) is 0 Å². The van der Waals surface area contributed by atoms with Gasteiger partial charge >= 0.3 is 6.03 Å². The van der Waals surface area contributed by atoms with Crippen molar-refractivity contribution in [2.45, 2.75) is 26.4 Å². The zero-order valence-electron chi connectivity index (χ0n) is 29.3. The second-order valence-electron chi connectivity index (χ2n) is 13.8. The molecule has 7 rings (SSSR count). The van der Waals surface area contributed by atoms with Crippen LogP contribution < -0.4 is 15.5 Å². The van der Waals surface area contributed by atoms with E-state index in [9.17, 15) is 9.59 Å². The Labute approximate surface area is 293 Å². The molecule has 0 aliphatic carbocycles. The first kappa shape index (κ1) is 33.9. The summed E-state index contributed by atoms with van der Waals surface area (Å²) < 4.78 is 7.59. The number of carbonyl (C=O) groups excluding carboxylic acids is 2. The van der Waals surface area contributed by atoms with E-state index < -0.39 is 0 Å². The highest BCUT2D eigenvalue weighted by Crippen LogP contribution is 2.27. The Hall–Kier alpha value is -4.56. The van der Waals surface area contributed by atoms with Crippen LogP contribution >= 0.6 is 0 Å². The molecule has 13 nitrogen and oxygen atoms in total. The average Bonchev–Trinajstić information content (AvgIpc) is 3.55. The van der Waals surface area contributed by atoms with Gasteiger partial charge in [-0.2, -0.15) is 0 Å². The molecule has 3 saturated heterocycles. The van der Waals surface area contributed by atoms with Crippen molar-refractivity contribution in [3.05, 3.63) is 71.9 Å². The minimum atomic E-state index is -0.367. The topological polar surface area (TPSA) is 114 Å². The number of amides is 3. The van der Waals surface area contributed by atoms with Crippen molar-refractivity contribution < 1.29 is 14.3 Å².